The highest BCUT2D eigenvalue weighted by Crippen LogP contribution is 2.09. The van der Waals surface area contributed by atoms with Gasteiger partial charge >= 0.3 is 0 Å². The van der Waals surface area contributed by atoms with Gasteiger partial charge in [0.05, 0.1) is 6.54 Å². The molecule has 2 rings (SSSR count). The number of nitrogens with one attached hydrogen (secondary N) is 1. The van der Waals surface area contributed by atoms with Crippen molar-refractivity contribution in [2.45, 2.75) is 26.7 Å². The third-order valence-corrected chi connectivity index (χ3v) is 4.69. The van der Waals surface area contributed by atoms with Crippen molar-refractivity contribution in [3.63, 3.8) is 0 Å². The quantitative estimate of drug-likeness (QED) is 0.519. The lowest BCUT2D eigenvalue weighted by Gasteiger charge is -2.36. The fourth-order valence-electron chi connectivity index (χ4n) is 3.10. The lowest BCUT2D eigenvalue weighted by Crippen LogP contribution is -2.54. The summed E-state index contributed by atoms with van der Waals surface area (Å²) in [7, 11) is 0. The number of amides is 1. The Morgan fingerprint density at radius 1 is 1.12 bits per heavy atom. The van der Waals surface area contributed by atoms with Gasteiger partial charge < -0.3 is 20.2 Å². The van der Waals surface area contributed by atoms with Gasteiger partial charge in [-0.25, -0.2) is 0 Å². The van der Waals surface area contributed by atoms with E-state index in [4.69, 9.17) is 5.11 Å². The average molecular weight is 339 g/mol. The Hall–Kier alpha value is -1.34. The smallest absolute Gasteiger partial charge is 0.236 e. The molecule has 0 aliphatic carbocycles. The number of aliphatic hydroxyl groups excluding tert-OH is 1. The van der Waals surface area contributed by atoms with Crippen LogP contribution in [0.5, 0.6) is 0 Å². The molecule has 2 fully saturated rings. The van der Waals surface area contributed by atoms with Gasteiger partial charge in [-0.2, -0.15) is 0 Å². The maximum Gasteiger partial charge on any atom is 0.236 e. The maximum absolute atomic E-state index is 12.3. The van der Waals surface area contributed by atoms with Crippen molar-refractivity contribution in [2.24, 2.45) is 10.9 Å². The van der Waals surface area contributed by atoms with Gasteiger partial charge in [0, 0.05) is 59.0 Å². The number of guanidine groups is 1. The average Bonchev–Trinajstić information content (AvgIpc) is 3.14. The highest BCUT2D eigenvalue weighted by atomic mass is 16.3. The molecule has 0 aromatic rings. The summed E-state index contributed by atoms with van der Waals surface area (Å²) >= 11 is 0. The Morgan fingerprint density at radius 2 is 1.79 bits per heavy atom. The van der Waals surface area contributed by atoms with Crippen molar-refractivity contribution < 1.29 is 9.90 Å². The number of hydrogen-bond donors (Lipinski definition) is 2. The maximum atomic E-state index is 12.3. The topological polar surface area (TPSA) is 71.4 Å². The molecule has 1 atom stereocenters. The molecule has 0 aromatic heterocycles. The standard InChI is InChI=1S/C17H33N5O2/c1-3-18-17(19-12-15(2)14-23)22-10-8-20(9-11-22)13-16(24)21-6-4-5-7-21/h15,23H,3-14H2,1-2H3,(H,18,19). The van der Waals surface area contributed by atoms with E-state index in [1.54, 1.807) is 0 Å². The van der Waals surface area contributed by atoms with Crippen LogP contribution in [0.1, 0.15) is 26.7 Å². The van der Waals surface area contributed by atoms with Gasteiger partial charge in [0.1, 0.15) is 0 Å². The van der Waals surface area contributed by atoms with E-state index in [2.05, 4.69) is 27.0 Å². The van der Waals surface area contributed by atoms with Crippen molar-refractivity contribution >= 4 is 11.9 Å². The molecule has 138 valence electrons. The number of rotatable bonds is 6. The van der Waals surface area contributed by atoms with E-state index >= 15 is 0 Å². The lowest BCUT2D eigenvalue weighted by atomic mass is 10.2. The highest BCUT2D eigenvalue weighted by molar-refractivity contribution is 5.80. The van der Waals surface area contributed by atoms with Gasteiger partial charge in [-0.3, -0.25) is 14.7 Å². The van der Waals surface area contributed by atoms with Gasteiger partial charge in [0.2, 0.25) is 5.91 Å². The van der Waals surface area contributed by atoms with E-state index in [1.165, 1.54) is 0 Å². The van der Waals surface area contributed by atoms with Crippen molar-refractivity contribution in [1.29, 1.82) is 0 Å². The summed E-state index contributed by atoms with van der Waals surface area (Å²) in [4.78, 5) is 23.4. The van der Waals surface area contributed by atoms with Crippen molar-refractivity contribution in [3.05, 3.63) is 0 Å². The number of carbonyl (C=O) groups is 1. The van der Waals surface area contributed by atoms with Crippen LogP contribution < -0.4 is 5.32 Å². The number of aliphatic hydroxyl groups is 1. The third kappa shape index (κ3) is 5.63. The molecule has 24 heavy (non-hydrogen) atoms. The number of nitrogens with zero attached hydrogens (tertiary/aromatic N) is 4. The minimum atomic E-state index is 0.162. The van der Waals surface area contributed by atoms with E-state index in [1.807, 2.05) is 11.8 Å². The number of likely N-dealkylation sites (tertiary alicyclic amines) is 1. The third-order valence-electron chi connectivity index (χ3n) is 4.69. The van der Waals surface area contributed by atoms with Gasteiger partial charge in [0.25, 0.3) is 0 Å². The van der Waals surface area contributed by atoms with Crippen molar-refractivity contribution in [1.82, 2.24) is 20.0 Å². The molecular weight excluding hydrogens is 306 g/mol. The summed E-state index contributed by atoms with van der Waals surface area (Å²) in [6, 6.07) is 0. The molecule has 0 aromatic carbocycles. The molecule has 2 saturated heterocycles. The minimum Gasteiger partial charge on any atom is -0.396 e. The van der Waals surface area contributed by atoms with Crippen LogP contribution >= 0.6 is 0 Å². The first kappa shape index (κ1) is 19.0. The fourth-order valence-corrected chi connectivity index (χ4v) is 3.10. The molecule has 7 heteroatoms. The molecular formula is C17H33N5O2. The molecule has 7 nitrogen and oxygen atoms in total. The SMILES string of the molecule is CCNC(=NCC(C)CO)N1CCN(CC(=O)N2CCCC2)CC1. The number of aliphatic imine (C=N–C) groups is 1. The zero-order valence-corrected chi connectivity index (χ0v) is 15.2. The van der Waals surface area contributed by atoms with E-state index in [-0.39, 0.29) is 18.4 Å². The number of carbonyl (C=O) groups excluding carboxylic acids is 1. The van der Waals surface area contributed by atoms with Gasteiger partial charge in [-0.1, -0.05) is 6.92 Å². The van der Waals surface area contributed by atoms with Crippen LogP contribution in [0.25, 0.3) is 0 Å². The first-order valence-electron chi connectivity index (χ1n) is 9.28. The molecule has 0 spiro atoms. The molecule has 1 amide bonds. The minimum absolute atomic E-state index is 0.162. The Balaban J connectivity index is 1.79. The highest BCUT2D eigenvalue weighted by Gasteiger charge is 2.24. The molecule has 0 saturated carbocycles. The predicted octanol–water partition coefficient (Wildman–Crippen LogP) is -0.180. The zero-order valence-electron chi connectivity index (χ0n) is 15.2. The molecule has 1 unspecified atom stereocenters. The normalized spacial score (nSPS) is 21.2. The molecule has 0 bridgehead atoms. The first-order valence-corrected chi connectivity index (χ1v) is 9.28. The van der Waals surface area contributed by atoms with E-state index in [0.717, 1.165) is 64.6 Å². The molecule has 2 aliphatic rings. The summed E-state index contributed by atoms with van der Waals surface area (Å²) < 4.78 is 0. The van der Waals surface area contributed by atoms with Crippen LogP contribution in [0.4, 0.5) is 0 Å². The largest absolute Gasteiger partial charge is 0.396 e. The number of piperazine rings is 1. The Labute approximate surface area is 145 Å². The van der Waals surface area contributed by atoms with Crippen LogP contribution in [0, 0.1) is 5.92 Å². The zero-order chi connectivity index (χ0) is 17.4. The molecule has 2 aliphatic heterocycles. The van der Waals surface area contributed by atoms with Gasteiger partial charge in [-0.15, -0.1) is 0 Å². The monoisotopic (exact) mass is 339 g/mol. The first-order chi connectivity index (χ1) is 11.6. The fraction of sp³-hybridized carbons (Fsp3) is 0.882. The van der Waals surface area contributed by atoms with E-state index in [0.29, 0.717) is 13.1 Å². The Morgan fingerprint density at radius 3 is 2.38 bits per heavy atom. The summed E-state index contributed by atoms with van der Waals surface area (Å²) in [6.07, 6.45) is 2.29. The molecule has 2 heterocycles. The van der Waals surface area contributed by atoms with Crippen molar-refractivity contribution in [2.75, 3.05) is 65.5 Å². The summed E-state index contributed by atoms with van der Waals surface area (Å²) in [6.45, 7) is 11.6. The second kappa shape index (κ2) is 9.84. The van der Waals surface area contributed by atoms with Gasteiger partial charge in [0.15, 0.2) is 5.96 Å². The van der Waals surface area contributed by atoms with Crippen LogP contribution in [0.3, 0.4) is 0 Å². The van der Waals surface area contributed by atoms with Crippen LogP contribution in [-0.2, 0) is 4.79 Å². The molecule has 2 N–H and O–H groups in total. The second-order valence-electron chi connectivity index (χ2n) is 6.83. The van der Waals surface area contributed by atoms with Crippen molar-refractivity contribution in [3.8, 4) is 0 Å². The Kier molecular flexibility index (Phi) is 7.78. The molecule has 0 radical (unpaired) electrons. The lowest BCUT2D eigenvalue weighted by molar-refractivity contribution is -0.131. The number of hydrogen-bond acceptors (Lipinski definition) is 4. The van der Waals surface area contributed by atoms with E-state index < -0.39 is 0 Å². The van der Waals surface area contributed by atoms with Gasteiger partial charge in [-0.05, 0) is 25.7 Å². The summed E-state index contributed by atoms with van der Waals surface area (Å²) in [5.74, 6) is 1.37. The summed E-state index contributed by atoms with van der Waals surface area (Å²) in [5.41, 5.74) is 0. The second-order valence-corrected chi connectivity index (χ2v) is 6.83. The van der Waals surface area contributed by atoms with Crippen LogP contribution in [0.15, 0.2) is 4.99 Å². The van der Waals surface area contributed by atoms with Crippen LogP contribution in [-0.4, -0.2) is 97.2 Å². The van der Waals surface area contributed by atoms with E-state index in [9.17, 15) is 4.79 Å². The summed E-state index contributed by atoms with van der Waals surface area (Å²) in [5, 5.41) is 12.5. The van der Waals surface area contributed by atoms with Crippen LogP contribution in [0.2, 0.25) is 0 Å². The predicted molar refractivity (Wildman–Crippen MR) is 96.1 cm³/mol. The Bertz CT molecular complexity index is 415.